The van der Waals surface area contributed by atoms with E-state index in [1.807, 2.05) is 12.1 Å². The maximum Gasteiger partial charge on any atom is 0.408 e. The number of halogens is 1. The third-order valence-electron chi connectivity index (χ3n) is 4.60. The van der Waals surface area contributed by atoms with Gasteiger partial charge in [0.2, 0.25) is 0 Å². The number of carbonyl (C=O) groups excluding carboxylic acids is 3. The Morgan fingerprint density at radius 3 is 2.52 bits per heavy atom. The highest BCUT2D eigenvalue weighted by Crippen LogP contribution is 2.41. The molecule has 0 spiro atoms. The number of methoxy groups -OCH3 is 1. The standard InChI is InChI=1S/C21H25IN2O6S/c1-21(2,3)30-20(27)23-15-17(25)24-16(13(9-22)11-31-18(15)24)19(26)29-10-12-5-7-14(28-4)8-6-12/h5-8,15,18H,9-11H2,1-4H3,(H,23,27)/t15-,18-/m1/s1. The number of nitrogens with one attached hydrogen (secondary N) is 1. The fraction of sp³-hybridized carbons (Fsp3) is 0.476. The number of carbonyl (C=O) groups is 3. The molecule has 2 heterocycles. The van der Waals surface area contributed by atoms with Crippen LogP contribution in [0.1, 0.15) is 26.3 Å². The number of nitrogens with zero attached hydrogens (tertiary/aromatic N) is 1. The number of alkyl halides is 1. The maximum absolute atomic E-state index is 12.9. The molecule has 2 amide bonds. The first-order chi connectivity index (χ1) is 14.6. The number of thioether (sulfide) groups is 1. The van der Waals surface area contributed by atoms with Gasteiger partial charge in [0.25, 0.3) is 5.91 Å². The van der Waals surface area contributed by atoms with Crippen molar-refractivity contribution in [1.29, 1.82) is 0 Å². The Hall–Kier alpha value is -1.95. The van der Waals surface area contributed by atoms with Crippen molar-refractivity contribution in [3.63, 3.8) is 0 Å². The average molecular weight is 560 g/mol. The van der Waals surface area contributed by atoms with Crippen LogP contribution in [0.2, 0.25) is 0 Å². The monoisotopic (exact) mass is 560 g/mol. The largest absolute Gasteiger partial charge is 0.497 e. The predicted molar refractivity (Wildman–Crippen MR) is 125 cm³/mol. The molecule has 1 aromatic rings. The smallest absolute Gasteiger partial charge is 0.408 e. The van der Waals surface area contributed by atoms with Crippen LogP contribution in [0, 0.1) is 0 Å². The first kappa shape index (κ1) is 23.7. The van der Waals surface area contributed by atoms with Gasteiger partial charge >= 0.3 is 12.1 Å². The van der Waals surface area contributed by atoms with Crippen LogP contribution < -0.4 is 10.1 Å². The van der Waals surface area contributed by atoms with Crippen LogP contribution in [0.25, 0.3) is 0 Å². The fourth-order valence-corrected chi connectivity index (χ4v) is 5.49. The second-order valence-electron chi connectivity index (χ2n) is 8.04. The van der Waals surface area contributed by atoms with Gasteiger partial charge in [0.1, 0.15) is 35.1 Å². The highest BCUT2D eigenvalue weighted by molar-refractivity contribution is 14.1. The Labute approximate surface area is 199 Å². The normalized spacial score (nSPS) is 20.5. The average Bonchev–Trinajstić information content (AvgIpc) is 2.73. The van der Waals surface area contributed by atoms with Crippen molar-refractivity contribution in [3.8, 4) is 5.75 Å². The lowest BCUT2D eigenvalue weighted by atomic mass is 10.0. The second kappa shape index (κ2) is 9.68. The number of β-lactam (4-membered cyclic amide) rings is 1. The Kier molecular flexibility index (Phi) is 7.40. The summed E-state index contributed by atoms with van der Waals surface area (Å²) in [6.45, 7) is 5.34. The van der Waals surface area contributed by atoms with Gasteiger partial charge in [0, 0.05) is 10.2 Å². The first-order valence-electron chi connectivity index (χ1n) is 9.67. The van der Waals surface area contributed by atoms with E-state index in [0.717, 1.165) is 11.1 Å². The number of amides is 2. The molecule has 0 saturated carbocycles. The molecule has 3 rings (SSSR count). The van der Waals surface area contributed by atoms with E-state index >= 15 is 0 Å². The fourth-order valence-electron chi connectivity index (χ4n) is 3.15. The zero-order chi connectivity index (χ0) is 22.8. The number of hydrogen-bond donors (Lipinski definition) is 1. The number of hydrogen-bond acceptors (Lipinski definition) is 7. The molecule has 1 saturated heterocycles. The third-order valence-corrected chi connectivity index (χ3v) is 6.86. The molecule has 10 heteroatoms. The van der Waals surface area contributed by atoms with E-state index in [0.29, 0.717) is 15.9 Å². The van der Waals surface area contributed by atoms with Crippen molar-refractivity contribution in [2.75, 3.05) is 17.3 Å². The molecule has 0 bridgehead atoms. The van der Waals surface area contributed by atoms with Crippen LogP contribution in [0.5, 0.6) is 5.75 Å². The van der Waals surface area contributed by atoms with E-state index in [9.17, 15) is 14.4 Å². The maximum atomic E-state index is 12.9. The Balaban J connectivity index is 1.68. The van der Waals surface area contributed by atoms with E-state index in [4.69, 9.17) is 14.2 Å². The van der Waals surface area contributed by atoms with E-state index in [1.54, 1.807) is 40.0 Å². The molecule has 1 aromatic carbocycles. The van der Waals surface area contributed by atoms with E-state index < -0.39 is 23.7 Å². The van der Waals surface area contributed by atoms with Crippen LogP contribution in [-0.2, 0) is 25.7 Å². The quantitative estimate of drug-likeness (QED) is 0.247. The van der Waals surface area contributed by atoms with Crippen LogP contribution in [-0.4, -0.2) is 57.2 Å². The van der Waals surface area contributed by atoms with Gasteiger partial charge in [-0.3, -0.25) is 9.69 Å². The summed E-state index contributed by atoms with van der Waals surface area (Å²) in [5.74, 6) is 0.405. The summed E-state index contributed by atoms with van der Waals surface area (Å²) < 4.78 is 16.5. The molecule has 0 radical (unpaired) electrons. The van der Waals surface area contributed by atoms with Gasteiger partial charge in [-0.05, 0) is 44.0 Å². The van der Waals surface area contributed by atoms with Crippen molar-refractivity contribution in [2.24, 2.45) is 0 Å². The summed E-state index contributed by atoms with van der Waals surface area (Å²) >= 11 is 3.68. The van der Waals surface area contributed by atoms with Gasteiger partial charge in [-0.2, -0.15) is 0 Å². The van der Waals surface area contributed by atoms with Crippen molar-refractivity contribution >= 4 is 52.3 Å². The Morgan fingerprint density at radius 2 is 1.94 bits per heavy atom. The van der Waals surface area contributed by atoms with E-state index in [1.165, 1.54) is 16.7 Å². The molecular weight excluding hydrogens is 535 g/mol. The van der Waals surface area contributed by atoms with Crippen molar-refractivity contribution in [2.45, 2.75) is 44.4 Å². The molecule has 168 valence electrons. The number of rotatable bonds is 6. The van der Waals surface area contributed by atoms with Gasteiger partial charge in [-0.25, -0.2) is 9.59 Å². The lowest BCUT2D eigenvalue weighted by Crippen LogP contribution is -2.70. The van der Waals surface area contributed by atoms with E-state index in [-0.39, 0.29) is 23.6 Å². The van der Waals surface area contributed by atoms with Gasteiger partial charge in [0.05, 0.1) is 7.11 Å². The molecule has 2 aliphatic rings. The number of fused-ring (bicyclic) bond motifs is 1. The van der Waals surface area contributed by atoms with Gasteiger partial charge in [-0.1, -0.05) is 34.7 Å². The number of benzene rings is 1. The SMILES string of the molecule is COc1ccc(COC(=O)C2=C(CI)CS[C@@H]3[C@H](NC(=O)OC(C)(C)C)C(=O)N23)cc1. The third kappa shape index (κ3) is 5.46. The molecule has 1 N–H and O–H groups in total. The number of esters is 1. The van der Waals surface area contributed by atoms with Gasteiger partial charge in [0.15, 0.2) is 0 Å². The molecule has 1 fully saturated rings. The molecule has 0 aromatic heterocycles. The van der Waals surface area contributed by atoms with Crippen molar-refractivity contribution < 1.29 is 28.6 Å². The summed E-state index contributed by atoms with van der Waals surface area (Å²) in [7, 11) is 1.58. The summed E-state index contributed by atoms with van der Waals surface area (Å²) in [6, 6.07) is 6.47. The molecular formula is C21H25IN2O6S. The van der Waals surface area contributed by atoms with Crippen LogP contribution in [0.15, 0.2) is 35.5 Å². The van der Waals surface area contributed by atoms with Gasteiger partial charge < -0.3 is 19.5 Å². The van der Waals surface area contributed by atoms with Crippen LogP contribution >= 0.6 is 34.4 Å². The molecule has 31 heavy (non-hydrogen) atoms. The predicted octanol–water partition coefficient (Wildman–Crippen LogP) is 3.24. The van der Waals surface area contributed by atoms with Crippen molar-refractivity contribution in [3.05, 3.63) is 41.1 Å². The Bertz CT molecular complexity index is 896. The van der Waals surface area contributed by atoms with Crippen molar-refractivity contribution in [1.82, 2.24) is 10.2 Å². The summed E-state index contributed by atoms with van der Waals surface area (Å²) in [6.07, 6.45) is -0.654. The molecule has 8 nitrogen and oxygen atoms in total. The first-order valence-corrected chi connectivity index (χ1v) is 12.2. The van der Waals surface area contributed by atoms with Crippen LogP contribution in [0.3, 0.4) is 0 Å². The number of alkyl carbamates (subject to hydrolysis) is 1. The highest BCUT2D eigenvalue weighted by atomic mass is 127. The second-order valence-corrected chi connectivity index (χ2v) is 9.91. The molecule has 2 atom stereocenters. The lowest BCUT2D eigenvalue weighted by Gasteiger charge is -2.49. The zero-order valence-electron chi connectivity index (χ0n) is 17.8. The molecule has 0 aliphatic carbocycles. The van der Waals surface area contributed by atoms with Crippen LogP contribution in [0.4, 0.5) is 4.79 Å². The minimum absolute atomic E-state index is 0.0836. The zero-order valence-corrected chi connectivity index (χ0v) is 20.7. The number of ether oxygens (including phenoxy) is 3. The van der Waals surface area contributed by atoms with Gasteiger partial charge in [-0.15, -0.1) is 11.8 Å². The lowest BCUT2D eigenvalue weighted by molar-refractivity contribution is -0.152. The highest BCUT2D eigenvalue weighted by Gasteiger charge is 2.54. The summed E-state index contributed by atoms with van der Waals surface area (Å²) in [5.41, 5.74) is 1.26. The minimum atomic E-state index is -0.736. The topological polar surface area (TPSA) is 94.2 Å². The Morgan fingerprint density at radius 1 is 1.26 bits per heavy atom. The van der Waals surface area contributed by atoms with E-state index in [2.05, 4.69) is 27.9 Å². The summed E-state index contributed by atoms with van der Waals surface area (Å²) in [4.78, 5) is 39.2. The minimum Gasteiger partial charge on any atom is -0.497 e. The molecule has 0 unspecified atom stereocenters. The molecule has 2 aliphatic heterocycles. The summed E-state index contributed by atoms with van der Waals surface area (Å²) in [5, 5.41) is 2.26.